The van der Waals surface area contributed by atoms with Gasteiger partial charge in [-0.3, -0.25) is 0 Å². The molecule has 2 aromatic rings. The van der Waals surface area contributed by atoms with Crippen molar-refractivity contribution in [2.24, 2.45) is 0 Å². The largest absolute Gasteiger partial charge is 0.366 e. The number of nitrogens with zero attached hydrogens (tertiary/aromatic N) is 1. The van der Waals surface area contributed by atoms with Gasteiger partial charge in [0.05, 0.1) is 15.7 Å². The Morgan fingerprint density at radius 1 is 1.22 bits per heavy atom. The van der Waals surface area contributed by atoms with Crippen molar-refractivity contribution in [1.82, 2.24) is 4.98 Å². The molecule has 94 valence electrons. The van der Waals surface area contributed by atoms with Gasteiger partial charge in [-0.15, -0.1) is 0 Å². The van der Waals surface area contributed by atoms with Crippen LogP contribution in [-0.2, 0) is 6.54 Å². The van der Waals surface area contributed by atoms with E-state index in [0.717, 1.165) is 21.5 Å². The zero-order valence-electron chi connectivity index (χ0n) is 9.67. The van der Waals surface area contributed by atoms with Gasteiger partial charge < -0.3 is 5.32 Å². The monoisotopic (exact) mass is 344 g/mol. The first-order valence-electron chi connectivity index (χ1n) is 5.38. The average molecular weight is 346 g/mol. The van der Waals surface area contributed by atoms with Crippen LogP contribution < -0.4 is 5.32 Å². The molecule has 5 heteroatoms. The van der Waals surface area contributed by atoms with E-state index in [1.54, 1.807) is 6.07 Å². The molecule has 1 aromatic heterocycles. The quantitative estimate of drug-likeness (QED) is 0.839. The minimum absolute atomic E-state index is 0.566. The van der Waals surface area contributed by atoms with Crippen LogP contribution in [0.1, 0.15) is 11.3 Å². The minimum atomic E-state index is 0.566. The van der Waals surface area contributed by atoms with Gasteiger partial charge in [-0.2, -0.15) is 0 Å². The molecular formula is C13H11BrCl2N2. The van der Waals surface area contributed by atoms with Crippen LogP contribution >= 0.6 is 39.1 Å². The highest BCUT2D eigenvalue weighted by Gasteiger charge is 2.04. The predicted octanol–water partition coefficient (Wildman–Crippen LogP) is 5.07. The van der Waals surface area contributed by atoms with Crippen LogP contribution in [-0.4, -0.2) is 4.98 Å². The second kappa shape index (κ2) is 5.91. The lowest BCUT2D eigenvalue weighted by atomic mass is 10.2. The van der Waals surface area contributed by atoms with E-state index in [0.29, 0.717) is 16.6 Å². The SMILES string of the molecule is Cc1nc(NCc2cccc(Cl)c2Cl)ccc1Br. The van der Waals surface area contributed by atoms with E-state index in [9.17, 15) is 0 Å². The summed E-state index contributed by atoms with van der Waals surface area (Å²) >= 11 is 15.5. The Morgan fingerprint density at radius 3 is 2.72 bits per heavy atom. The normalized spacial score (nSPS) is 10.4. The van der Waals surface area contributed by atoms with E-state index in [2.05, 4.69) is 26.2 Å². The highest BCUT2D eigenvalue weighted by atomic mass is 79.9. The van der Waals surface area contributed by atoms with Crippen LogP contribution in [0.4, 0.5) is 5.82 Å². The molecule has 0 unspecified atom stereocenters. The number of nitrogens with one attached hydrogen (secondary N) is 1. The summed E-state index contributed by atoms with van der Waals surface area (Å²) in [6.07, 6.45) is 0. The van der Waals surface area contributed by atoms with E-state index in [4.69, 9.17) is 23.2 Å². The lowest BCUT2D eigenvalue weighted by Crippen LogP contribution is -2.02. The number of hydrogen-bond donors (Lipinski definition) is 1. The zero-order chi connectivity index (χ0) is 13.1. The molecule has 0 spiro atoms. The highest BCUT2D eigenvalue weighted by molar-refractivity contribution is 9.10. The molecule has 0 amide bonds. The fraction of sp³-hybridized carbons (Fsp3) is 0.154. The lowest BCUT2D eigenvalue weighted by Gasteiger charge is -2.09. The smallest absolute Gasteiger partial charge is 0.126 e. The van der Waals surface area contributed by atoms with Crippen LogP contribution in [0, 0.1) is 6.92 Å². The van der Waals surface area contributed by atoms with Gasteiger partial charge in [0.15, 0.2) is 0 Å². The molecule has 1 aromatic carbocycles. The van der Waals surface area contributed by atoms with Crippen LogP contribution in [0.5, 0.6) is 0 Å². The van der Waals surface area contributed by atoms with Gasteiger partial charge in [-0.05, 0) is 46.6 Å². The molecule has 0 bridgehead atoms. The van der Waals surface area contributed by atoms with Crippen LogP contribution in [0.15, 0.2) is 34.8 Å². The standard InChI is InChI=1S/C13H11BrCl2N2/c1-8-10(14)5-6-12(18-8)17-7-9-3-2-4-11(15)13(9)16/h2-6H,7H2,1H3,(H,17,18). The number of halogens is 3. The summed E-state index contributed by atoms with van der Waals surface area (Å²) in [5, 5.41) is 4.37. The van der Waals surface area contributed by atoms with Crippen molar-refractivity contribution in [2.75, 3.05) is 5.32 Å². The van der Waals surface area contributed by atoms with Gasteiger partial charge in [-0.25, -0.2) is 4.98 Å². The van der Waals surface area contributed by atoms with Crippen LogP contribution in [0.2, 0.25) is 10.0 Å². The van der Waals surface area contributed by atoms with Crippen molar-refractivity contribution < 1.29 is 0 Å². The molecule has 0 aliphatic carbocycles. The molecule has 0 aliphatic heterocycles. The van der Waals surface area contributed by atoms with E-state index in [-0.39, 0.29) is 0 Å². The van der Waals surface area contributed by atoms with Crippen molar-refractivity contribution >= 4 is 44.9 Å². The summed E-state index contributed by atoms with van der Waals surface area (Å²) in [6.45, 7) is 2.54. The van der Waals surface area contributed by atoms with Crippen molar-refractivity contribution in [3.63, 3.8) is 0 Å². The first kappa shape index (κ1) is 13.7. The van der Waals surface area contributed by atoms with Gasteiger partial charge in [0, 0.05) is 11.0 Å². The van der Waals surface area contributed by atoms with Crippen molar-refractivity contribution in [3.05, 3.63) is 56.1 Å². The van der Waals surface area contributed by atoms with Gasteiger partial charge in [0.25, 0.3) is 0 Å². The predicted molar refractivity (Wildman–Crippen MR) is 80.5 cm³/mol. The Kier molecular flexibility index (Phi) is 4.49. The summed E-state index contributed by atoms with van der Waals surface area (Å²) in [4.78, 5) is 4.41. The Hall–Kier alpha value is -0.770. The number of hydrogen-bond acceptors (Lipinski definition) is 2. The molecule has 2 rings (SSSR count). The Morgan fingerprint density at radius 2 is 2.00 bits per heavy atom. The van der Waals surface area contributed by atoms with Crippen molar-refractivity contribution in [1.29, 1.82) is 0 Å². The number of rotatable bonds is 3. The third-order valence-corrected chi connectivity index (χ3v) is 4.21. The highest BCUT2D eigenvalue weighted by Crippen LogP contribution is 2.26. The van der Waals surface area contributed by atoms with E-state index < -0.39 is 0 Å². The second-order valence-corrected chi connectivity index (χ2v) is 5.47. The Labute approximate surface area is 124 Å². The van der Waals surface area contributed by atoms with Gasteiger partial charge >= 0.3 is 0 Å². The zero-order valence-corrected chi connectivity index (χ0v) is 12.8. The van der Waals surface area contributed by atoms with E-state index in [1.165, 1.54) is 0 Å². The third-order valence-electron chi connectivity index (χ3n) is 2.51. The summed E-state index contributed by atoms with van der Waals surface area (Å²) in [7, 11) is 0. The van der Waals surface area contributed by atoms with Crippen molar-refractivity contribution in [3.8, 4) is 0 Å². The maximum Gasteiger partial charge on any atom is 0.126 e. The first-order chi connectivity index (χ1) is 8.58. The molecule has 0 saturated carbocycles. The summed E-state index contributed by atoms with van der Waals surface area (Å²) in [5.74, 6) is 0.812. The number of aryl methyl sites for hydroxylation is 1. The average Bonchev–Trinajstić information content (AvgIpc) is 2.35. The maximum absolute atomic E-state index is 6.12. The topological polar surface area (TPSA) is 24.9 Å². The number of pyridine rings is 1. The molecule has 0 atom stereocenters. The molecule has 0 radical (unpaired) electrons. The molecule has 18 heavy (non-hydrogen) atoms. The van der Waals surface area contributed by atoms with Gasteiger partial charge in [0.2, 0.25) is 0 Å². The molecule has 1 N–H and O–H groups in total. The fourth-order valence-corrected chi connectivity index (χ4v) is 2.12. The Bertz CT molecular complexity index is 573. The molecule has 0 aliphatic rings. The summed E-state index contributed by atoms with van der Waals surface area (Å²) in [6, 6.07) is 9.47. The Balaban J connectivity index is 2.11. The van der Waals surface area contributed by atoms with Crippen LogP contribution in [0.3, 0.4) is 0 Å². The van der Waals surface area contributed by atoms with Gasteiger partial charge in [0.1, 0.15) is 5.82 Å². The number of anilines is 1. The van der Waals surface area contributed by atoms with E-state index >= 15 is 0 Å². The molecule has 2 nitrogen and oxygen atoms in total. The van der Waals surface area contributed by atoms with E-state index in [1.807, 2.05) is 31.2 Å². The molecule has 1 heterocycles. The molecule has 0 fully saturated rings. The van der Waals surface area contributed by atoms with Crippen molar-refractivity contribution in [2.45, 2.75) is 13.5 Å². The maximum atomic E-state index is 6.12. The van der Waals surface area contributed by atoms with Crippen LogP contribution in [0.25, 0.3) is 0 Å². The number of aromatic nitrogens is 1. The molecule has 0 saturated heterocycles. The second-order valence-electron chi connectivity index (χ2n) is 3.83. The summed E-state index contributed by atoms with van der Waals surface area (Å²) in [5.41, 5.74) is 1.89. The summed E-state index contributed by atoms with van der Waals surface area (Å²) < 4.78 is 0.994. The minimum Gasteiger partial charge on any atom is -0.366 e. The fourth-order valence-electron chi connectivity index (χ4n) is 1.51. The third kappa shape index (κ3) is 3.16. The number of benzene rings is 1. The molecular weight excluding hydrogens is 335 g/mol. The van der Waals surface area contributed by atoms with Gasteiger partial charge in [-0.1, -0.05) is 35.3 Å². The lowest BCUT2D eigenvalue weighted by molar-refractivity contribution is 1.08. The first-order valence-corrected chi connectivity index (χ1v) is 6.92.